The van der Waals surface area contributed by atoms with Crippen LogP contribution < -0.4 is 5.32 Å². The smallest absolute Gasteiger partial charge is 0.130 e. The molecule has 1 nitrogen and oxygen atoms in total. The van der Waals surface area contributed by atoms with Gasteiger partial charge in [-0.05, 0) is 38.5 Å². The Morgan fingerprint density at radius 1 is 0.850 bits per heavy atom. The zero-order valence-corrected chi connectivity index (χ0v) is 12.0. The number of hydrogen-bond acceptors (Lipinski definition) is 1. The van der Waals surface area contributed by atoms with Crippen molar-refractivity contribution >= 4 is 0 Å². The van der Waals surface area contributed by atoms with Gasteiger partial charge in [0.1, 0.15) is 11.6 Å². The van der Waals surface area contributed by atoms with E-state index >= 15 is 0 Å². The van der Waals surface area contributed by atoms with Crippen LogP contribution >= 0.6 is 0 Å². The van der Waals surface area contributed by atoms with E-state index < -0.39 is 17.7 Å². The summed E-state index contributed by atoms with van der Waals surface area (Å²) in [5.41, 5.74) is 2.37. The van der Waals surface area contributed by atoms with Gasteiger partial charge in [0.2, 0.25) is 0 Å². The van der Waals surface area contributed by atoms with Crippen LogP contribution in [-0.4, -0.2) is 0 Å². The van der Waals surface area contributed by atoms with Crippen molar-refractivity contribution in [2.75, 3.05) is 0 Å². The zero-order chi connectivity index (χ0) is 14.7. The predicted molar refractivity (Wildman–Crippen MR) is 77.5 cm³/mol. The highest BCUT2D eigenvalue weighted by atomic mass is 19.1. The molecule has 0 radical (unpaired) electrons. The van der Waals surface area contributed by atoms with Crippen LogP contribution in [0.5, 0.6) is 0 Å². The summed E-state index contributed by atoms with van der Waals surface area (Å²) < 4.78 is 27.5. The lowest BCUT2D eigenvalue weighted by Crippen LogP contribution is -2.24. The molecule has 1 N–H and O–H groups in total. The summed E-state index contributed by atoms with van der Waals surface area (Å²) >= 11 is 0. The molecule has 0 spiro atoms. The second-order valence-corrected chi connectivity index (χ2v) is 5.16. The van der Waals surface area contributed by atoms with Crippen LogP contribution in [0, 0.1) is 18.6 Å². The van der Waals surface area contributed by atoms with Crippen molar-refractivity contribution in [3.8, 4) is 0 Å². The van der Waals surface area contributed by atoms with Crippen LogP contribution in [0.25, 0.3) is 0 Å². The maximum absolute atomic E-state index is 13.7. The summed E-state index contributed by atoms with van der Waals surface area (Å²) in [6, 6.07) is 11.7. The molecule has 0 aliphatic rings. The maximum atomic E-state index is 13.7. The quantitative estimate of drug-likeness (QED) is 0.854. The van der Waals surface area contributed by atoms with E-state index in [1.54, 1.807) is 6.92 Å². The van der Waals surface area contributed by atoms with Crippen LogP contribution in [0.2, 0.25) is 0 Å². The van der Waals surface area contributed by atoms with Crippen molar-refractivity contribution in [3.63, 3.8) is 0 Å². The average molecular weight is 275 g/mol. The third kappa shape index (κ3) is 3.23. The molecule has 0 aliphatic carbocycles. The number of hydrogen-bond donors (Lipinski definition) is 1. The Morgan fingerprint density at radius 2 is 1.40 bits per heavy atom. The first kappa shape index (κ1) is 14.7. The molecule has 0 saturated heterocycles. The van der Waals surface area contributed by atoms with Gasteiger partial charge in [0.15, 0.2) is 0 Å². The molecule has 1 unspecified atom stereocenters. The van der Waals surface area contributed by atoms with E-state index in [-0.39, 0.29) is 11.6 Å². The van der Waals surface area contributed by atoms with E-state index in [9.17, 15) is 8.78 Å². The number of aryl methyl sites for hydroxylation is 1. The van der Waals surface area contributed by atoms with E-state index in [1.807, 2.05) is 38.1 Å². The van der Waals surface area contributed by atoms with Crippen molar-refractivity contribution in [3.05, 3.63) is 70.8 Å². The monoisotopic (exact) mass is 275 g/mol. The third-order valence-electron chi connectivity index (χ3n) is 3.51. The molecule has 3 heteroatoms. The summed E-state index contributed by atoms with van der Waals surface area (Å²) in [5, 5.41) is 3.23. The lowest BCUT2D eigenvalue weighted by molar-refractivity contribution is 0.450. The second kappa shape index (κ2) is 6.14. The Labute approximate surface area is 118 Å². The lowest BCUT2D eigenvalue weighted by atomic mass is 10.0. The molecular weight excluding hydrogens is 256 g/mol. The molecule has 0 aliphatic heterocycles. The number of rotatable bonds is 4. The van der Waals surface area contributed by atoms with Crippen molar-refractivity contribution in [1.29, 1.82) is 0 Å². The van der Waals surface area contributed by atoms with Crippen LogP contribution in [0.4, 0.5) is 8.78 Å². The van der Waals surface area contributed by atoms with Gasteiger partial charge in [0.25, 0.3) is 0 Å². The van der Waals surface area contributed by atoms with Gasteiger partial charge < -0.3 is 5.32 Å². The molecule has 0 amide bonds. The van der Waals surface area contributed by atoms with Gasteiger partial charge in [-0.2, -0.15) is 0 Å². The molecule has 2 aromatic carbocycles. The Kier molecular flexibility index (Phi) is 4.50. The fourth-order valence-corrected chi connectivity index (χ4v) is 2.33. The van der Waals surface area contributed by atoms with Crippen LogP contribution in [0.15, 0.2) is 42.5 Å². The molecule has 0 saturated carbocycles. The van der Waals surface area contributed by atoms with Crippen LogP contribution in [0.1, 0.15) is 42.6 Å². The molecule has 0 fully saturated rings. The molecule has 20 heavy (non-hydrogen) atoms. The van der Waals surface area contributed by atoms with E-state index in [4.69, 9.17) is 0 Å². The van der Waals surface area contributed by atoms with E-state index in [1.165, 1.54) is 23.8 Å². The molecule has 0 aromatic heterocycles. The van der Waals surface area contributed by atoms with Crippen molar-refractivity contribution < 1.29 is 8.78 Å². The summed E-state index contributed by atoms with van der Waals surface area (Å²) in [6.45, 7) is 5.78. The Bertz CT molecular complexity index is 558. The fourth-order valence-electron chi connectivity index (χ4n) is 2.33. The number of benzene rings is 2. The predicted octanol–water partition coefficient (Wildman–Crippen LogP) is 4.69. The normalized spacial score (nSPS) is 14.1. The minimum atomic E-state index is -0.513. The molecule has 0 bridgehead atoms. The SMILES string of the molecule is Cc1ccc([C@H](C)NC(C)c2c(F)cccc2F)cc1. The standard InChI is InChI=1S/C17H19F2N/c1-11-7-9-14(10-8-11)12(2)20-13(3)17-15(18)5-4-6-16(17)19/h4-10,12-13,20H,1-3H3/t12-,13?/m0/s1. The minimum Gasteiger partial charge on any atom is -0.303 e. The third-order valence-corrected chi connectivity index (χ3v) is 3.51. The molecule has 2 rings (SSSR count). The zero-order valence-electron chi connectivity index (χ0n) is 12.0. The van der Waals surface area contributed by atoms with Crippen molar-refractivity contribution in [2.24, 2.45) is 0 Å². The highest BCUT2D eigenvalue weighted by Gasteiger charge is 2.18. The number of halogens is 2. The highest BCUT2D eigenvalue weighted by Crippen LogP contribution is 2.24. The molecule has 0 heterocycles. The van der Waals surface area contributed by atoms with Gasteiger partial charge in [-0.25, -0.2) is 8.78 Å². The number of nitrogens with one attached hydrogen (secondary N) is 1. The van der Waals surface area contributed by atoms with E-state index in [0.717, 1.165) is 5.56 Å². The van der Waals surface area contributed by atoms with Gasteiger partial charge in [0, 0.05) is 17.6 Å². The van der Waals surface area contributed by atoms with E-state index in [2.05, 4.69) is 5.32 Å². The van der Waals surface area contributed by atoms with Gasteiger partial charge >= 0.3 is 0 Å². The Morgan fingerprint density at radius 3 is 1.95 bits per heavy atom. The first-order valence-corrected chi connectivity index (χ1v) is 6.75. The lowest BCUT2D eigenvalue weighted by Gasteiger charge is -2.21. The first-order valence-electron chi connectivity index (χ1n) is 6.75. The Balaban J connectivity index is 2.15. The van der Waals surface area contributed by atoms with Gasteiger partial charge in [-0.15, -0.1) is 0 Å². The Hall–Kier alpha value is -1.74. The second-order valence-electron chi connectivity index (χ2n) is 5.16. The summed E-state index contributed by atoms with van der Waals surface area (Å²) in [6.07, 6.45) is 0. The summed E-state index contributed by atoms with van der Waals surface area (Å²) in [4.78, 5) is 0. The molecule has 2 atom stereocenters. The first-order chi connectivity index (χ1) is 9.49. The summed E-state index contributed by atoms with van der Waals surface area (Å²) in [5.74, 6) is -1.03. The van der Waals surface area contributed by atoms with Gasteiger partial charge in [0.05, 0.1) is 0 Å². The van der Waals surface area contributed by atoms with Crippen molar-refractivity contribution in [1.82, 2.24) is 5.32 Å². The molecule has 106 valence electrons. The maximum Gasteiger partial charge on any atom is 0.130 e. The topological polar surface area (TPSA) is 12.0 Å². The van der Waals surface area contributed by atoms with Crippen molar-refractivity contribution in [2.45, 2.75) is 32.9 Å². The highest BCUT2D eigenvalue weighted by molar-refractivity contribution is 5.26. The largest absolute Gasteiger partial charge is 0.303 e. The average Bonchev–Trinajstić information content (AvgIpc) is 2.39. The fraction of sp³-hybridized carbons (Fsp3) is 0.294. The van der Waals surface area contributed by atoms with Crippen LogP contribution in [-0.2, 0) is 0 Å². The molecular formula is C17H19F2N. The van der Waals surface area contributed by atoms with Crippen LogP contribution in [0.3, 0.4) is 0 Å². The molecule has 2 aromatic rings. The minimum absolute atomic E-state index is 0.0182. The van der Waals surface area contributed by atoms with Gasteiger partial charge in [-0.1, -0.05) is 35.9 Å². The van der Waals surface area contributed by atoms with Gasteiger partial charge in [-0.3, -0.25) is 0 Å². The summed E-state index contributed by atoms with van der Waals surface area (Å²) in [7, 11) is 0. The van der Waals surface area contributed by atoms with E-state index in [0.29, 0.717) is 0 Å².